The van der Waals surface area contributed by atoms with E-state index in [0.717, 1.165) is 5.56 Å². The van der Waals surface area contributed by atoms with Gasteiger partial charge in [-0.15, -0.1) is 0 Å². The van der Waals surface area contributed by atoms with Crippen LogP contribution in [0.4, 0.5) is 0 Å². The minimum atomic E-state index is -0.539. The van der Waals surface area contributed by atoms with Gasteiger partial charge in [-0.3, -0.25) is 4.79 Å². The van der Waals surface area contributed by atoms with E-state index < -0.39 is 5.97 Å². The number of para-hydroxylation sites is 1. The molecule has 1 atom stereocenters. The maximum Gasteiger partial charge on any atom is 0.373 e. The van der Waals surface area contributed by atoms with Crippen molar-refractivity contribution >= 4 is 28.6 Å². The average Bonchev–Trinajstić information content (AvgIpc) is 3.25. The molecule has 8 heteroatoms. The quantitative estimate of drug-likeness (QED) is 0.269. The van der Waals surface area contributed by atoms with E-state index in [1.165, 1.54) is 23.4 Å². The SMILES string of the molecule is COC(=O)c1ccc(C(C)Sc2nc3ccccc3c(=O)n2-c2ccc(C)cn2)o1. The van der Waals surface area contributed by atoms with Crippen LogP contribution in [0.1, 0.15) is 34.1 Å². The summed E-state index contributed by atoms with van der Waals surface area (Å²) in [5.74, 6) is 0.659. The fraction of sp³-hybridized carbons (Fsp3) is 0.182. The molecule has 0 saturated carbocycles. The highest BCUT2D eigenvalue weighted by Crippen LogP contribution is 2.35. The maximum absolute atomic E-state index is 13.3. The lowest BCUT2D eigenvalue weighted by molar-refractivity contribution is 0.0563. The molecule has 0 aliphatic rings. The summed E-state index contributed by atoms with van der Waals surface area (Å²) in [6.07, 6.45) is 1.71. The zero-order valence-electron chi connectivity index (χ0n) is 16.7. The molecule has 1 aromatic carbocycles. The van der Waals surface area contributed by atoms with Gasteiger partial charge in [-0.05, 0) is 49.7 Å². The van der Waals surface area contributed by atoms with E-state index in [-0.39, 0.29) is 16.6 Å². The second-order valence-corrected chi connectivity index (χ2v) is 8.01. The van der Waals surface area contributed by atoms with Crippen LogP contribution in [0.3, 0.4) is 0 Å². The summed E-state index contributed by atoms with van der Waals surface area (Å²) in [4.78, 5) is 34.1. The third-order valence-corrected chi connectivity index (χ3v) is 5.64. The number of nitrogens with zero attached hydrogens (tertiary/aromatic N) is 3. The van der Waals surface area contributed by atoms with E-state index in [4.69, 9.17) is 14.1 Å². The van der Waals surface area contributed by atoms with Crippen molar-refractivity contribution in [3.63, 3.8) is 0 Å². The van der Waals surface area contributed by atoms with E-state index in [0.29, 0.717) is 27.6 Å². The smallest absolute Gasteiger partial charge is 0.373 e. The third kappa shape index (κ3) is 3.73. The number of pyridine rings is 1. The van der Waals surface area contributed by atoms with Crippen LogP contribution < -0.4 is 5.56 Å². The number of furan rings is 1. The number of hydrogen-bond acceptors (Lipinski definition) is 7. The molecule has 0 aliphatic carbocycles. The molecule has 0 spiro atoms. The number of fused-ring (bicyclic) bond motifs is 1. The van der Waals surface area contributed by atoms with E-state index in [1.807, 2.05) is 32.0 Å². The van der Waals surface area contributed by atoms with Crippen molar-refractivity contribution in [2.45, 2.75) is 24.3 Å². The molecule has 1 unspecified atom stereocenters. The number of ether oxygens (including phenoxy) is 1. The van der Waals surface area contributed by atoms with Crippen molar-refractivity contribution in [3.05, 3.63) is 82.2 Å². The van der Waals surface area contributed by atoms with Crippen LogP contribution in [0, 0.1) is 6.92 Å². The summed E-state index contributed by atoms with van der Waals surface area (Å²) in [5, 5.41) is 0.787. The molecular weight excluding hydrogens is 402 g/mol. The standard InChI is InChI=1S/C22H19N3O4S/c1-13-8-11-19(23-12-13)25-20(26)15-6-4-5-7-16(15)24-22(25)30-14(2)17-9-10-18(29-17)21(27)28-3/h4-12,14H,1-3H3. The Bertz CT molecular complexity index is 1280. The van der Waals surface area contributed by atoms with Gasteiger partial charge < -0.3 is 9.15 Å². The number of hydrogen-bond donors (Lipinski definition) is 0. The predicted octanol–water partition coefficient (Wildman–Crippen LogP) is 4.32. The van der Waals surface area contributed by atoms with Gasteiger partial charge in [-0.25, -0.2) is 19.3 Å². The molecule has 4 rings (SSSR count). The molecule has 0 radical (unpaired) electrons. The lowest BCUT2D eigenvalue weighted by Gasteiger charge is -2.15. The molecule has 0 aliphatic heterocycles. The number of aromatic nitrogens is 3. The lowest BCUT2D eigenvalue weighted by atomic mass is 10.2. The van der Waals surface area contributed by atoms with Gasteiger partial charge in [0.15, 0.2) is 5.16 Å². The summed E-state index contributed by atoms with van der Waals surface area (Å²) >= 11 is 1.35. The number of aryl methyl sites for hydroxylation is 1. The predicted molar refractivity (Wildman–Crippen MR) is 114 cm³/mol. The molecule has 0 bridgehead atoms. The van der Waals surface area contributed by atoms with Gasteiger partial charge in [-0.2, -0.15) is 0 Å². The van der Waals surface area contributed by atoms with Crippen molar-refractivity contribution in [2.24, 2.45) is 0 Å². The number of carbonyl (C=O) groups excluding carboxylic acids is 1. The van der Waals surface area contributed by atoms with E-state index in [2.05, 4.69) is 4.98 Å². The molecule has 30 heavy (non-hydrogen) atoms. The van der Waals surface area contributed by atoms with Crippen LogP contribution in [0.2, 0.25) is 0 Å². The summed E-state index contributed by atoms with van der Waals surface area (Å²) in [5.41, 5.74) is 1.41. The maximum atomic E-state index is 13.3. The molecule has 0 N–H and O–H groups in total. The lowest BCUT2D eigenvalue weighted by Crippen LogP contribution is -2.22. The second-order valence-electron chi connectivity index (χ2n) is 6.70. The molecule has 4 aromatic rings. The van der Waals surface area contributed by atoms with Gasteiger partial charge in [0, 0.05) is 6.20 Å². The minimum Gasteiger partial charge on any atom is -0.463 e. The highest BCUT2D eigenvalue weighted by atomic mass is 32.2. The van der Waals surface area contributed by atoms with Crippen molar-refractivity contribution in [1.29, 1.82) is 0 Å². The zero-order valence-corrected chi connectivity index (χ0v) is 17.5. The highest BCUT2D eigenvalue weighted by molar-refractivity contribution is 7.99. The number of rotatable bonds is 5. The molecule has 0 fully saturated rings. The van der Waals surface area contributed by atoms with Crippen LogP contribution in [-0.4, -0.2) is 27.6 Å². The Labute approximate surface area is 176 Å². The van der Waals surface area contributed by atoms with Crippen molar-refractivity contribution < 1.29 is 13.9 Å². The fourth-order valence-electron chi connectivity index (χ4n) is 2.98. The van der Waals surface area contributed by atoms with Crippen LogP contribution in [0.25, 0.3) is 16.7 Å². The molecule has 152 valence electrons. The van der Waals surface area contributed by atoms with Gasteiger partial charge in [0.05, 0.1) is 23.3 Å². The van der Waals surface area contributed by atoms with Gasteiger partial charge in [0.2, 0.25) is 5.76 Å². The molecule has 3 aromatic heterocycles. The van der Waals surface area contributed by atoms with Crippen molar-refractivity contribution in [1.82, 2.24) is 14.5 Å². The summed E-state index contributed by atoms with van der Waals surface area (Å²) in [7, 11) is 1.30. The van der Waals surface area contributed by atoms with Gasteiger partial charge in [0.1, 0.15) is 11.6 Å². The third-order valence-electron chi connectivity index (χ3n) is 4.57. The molecule has 7 nitrogen and oxygen atoms in total. The van der Waals surface area contributed by atoms with E-state index in [1.54, 1.807) is 36.5 Å². The Kier molecular flexibility index (Phi) is 5.41. The Morgan fingerprint density at radius 3 is 2.70 bits per heavy atom. The fourth-order valence-corrected chi connectivity index (χ4v) is 3.98. The largest absolute Gasteiger partial charge is 0.463 e. The number of esters is 1. The van der Waals surface area contributed by atoms with Crippen molar-refractivity contribution in [3.8, 4) is 5.82 Å². The Hall–Kier alpha value is -3.39. The normalized spacial score (nSPS) is 12.1. The molecule has 3 heterocycles. The van der Waals surface area contributed by atoms with Gasteiger partial charge in [-0.1, -0.05) is 30.0 Å². The Balaban J connectivity index is 1.80. The molecule has 0 amide bonds. The number of benzene rings is 1. The Morgan fingerprint density at radius 1 is 1.17 bits per heavy atom. The average molecular weight is 421 g/mol. The van der Waals surface area contributed by atoms with Crippen LogP contribution in [0.15, 0.2) is 69.1 Å². The first kappa shape index (κ1) is 19.9. The highest BCUT2D eigenvalue weighted by Gasteiger charge is 2.21. The van der Waals surface area contributed by atoms with Crippen molar-refractivity contribution in [2.75, 3.05) is 7.11 Å². The van der Waals surface area contributed by atoms with E-state index >= 15 is 0 Å². The molecule has 0 saturated heterocycles. The van der Waals surface area contributed by atoms with E-state index in [9.17, 15) is 9.59 Å². The topological polar surface area (TPSA) is 87.2 Å². The number of thioether (sulfide) groups is 1. The van der Waals surface area contributed by atoms with Crippen LogP contribution >= 0.6 is 11.8 Å². The van der Waals surface area contributed by atoms with Crippen LogP contribution in [0.5, 0.6) is 0 Å². The monoisotopic (exact) mass is 421 g/mol. The first-order chi connectivity index (χ1) is 14.5. The van der Waals surface area contributed by atoms with Gasteiger partial charge >= 0.3 is 5.97 Å². The summed E-state index contributed by atoms with van der Waals surface area (Å²) < 4.78 is 11.8. The Morgan fingerprint density at radius 2 is 1.97 bits per heavy atom. The summed E-state index contributed by atoms with van der Waals surface area (Å²) in [6, 6.07) is 14.2. The second kappa shape index (κ2) is 8.16. The van der Waals surface area contributed by atoms with Gasteiger partial charge in [0.25, 0.3) is 5.56 Å². The van der Waals surface area contributed by atoms with Crippen LogP contribution in [-0.2, 0) is 4.74 Å². The molecular formula is C22H19N3O4S. The first-order valence-corrected chi connectivity index (χ1v) is 10.2. The minimum absolute atomic E-state index is 0.129. The first-order valence-electron chi connectivity index (χ1n) is 9.27. The summed E-state index contributed by atoms with van der Waals surface area (Å²) in [6.45, 7) is 3.85. The number of methoxy groups -OCH3 is 1. The number of carbonyl (C=O) groups is 1. The zero-order chi connectivity index (χ0) is 21.3.